The summed E-state index contributed by atoms with van der Waals surface area (Å²) in [5.41, 5.74) is -0.672. The Labute approximate surface area is 157 Å². The van der Waals surface area contributed by atoms with Gasteiger partial charge in [0.05, 0.1) is 18.9 Å². The van der Waals surface area contributed by atoms with Gasteiger partial charge < -0.3 is 14.2 Å². The second-order valence-electron chi connectivity index (χ2n) is 5.75. The highest BCUT2D eigenvalue weighted by Gasteiger charge is 2.42. The quantitative estimate of drug-likeness (QED) is 0.652. The van der Waals surface area contributed by atoms with E-state index in [0.29, 0.717) is 5.69 Å². The number of aliphatic carboxylic acids is 1. The molecule has 0 aliphatic rings. The minimum atomic E-state index is -3.93. The van der Waals surface area contributed by atoms with E-state index in [1.807, 2.05) is 18.2 Å². The van der Waals surface area contributed by atoms with Crippen molar-refractivity contribution in [3.05, 3.63) is 52.6 Å². The molecule has 1 aromatic carbocycles. The van der Waals surface area contributed by atoms with Crippen molar-refractivity contribution in [1.82, 2.24) is 9.55 Å². The predicted octanol–water partition coefficient (Wildman–Crippen LogP) is 2.71. The fourth-order valence-corrected chi connectivity index (χ4v) is 4.42. The van der Waals surface area contributed by atoms with Crippen molar-refractivity contribution in [2.24, 2.45) is 7.05 Å². The third-order valence-electron chi connectivity index (χ3n) is 3.96. The molecule has 9 heteroatoms. The number of carboxylic acid groups (broad SMARTS) is 1. The van der Waals surface area contributed by atoms with Gasteiger partial charge in [-0.3, -0.25) is 18.7 Å². The Morgan fingerprint density at radius 3 is 2.33 bits per heavy atom. The van der Waals surface area contributed by atoms with E-state index in [1.54, 1.807) is 26.0 Å². The van der Waals surface area contributed by atoms with Crippen molar-refractivity contribution < 1.29 is 23.5 Å². The van der Waals surface area contributed by atoms with Gasteiger partial charge in [-0.05, 0) is 13.8 Å². The smallest absolute Gasteiger partial charge is 0.345 e. The van der Waals surface area contributed by atoms with Crippen molar-refractivity contribution in [1.29, 1.82) is 0 Å². The molecule has 1 unspecified atom stereocenters. The van der Waals surface area contributed by atoms with Crippen molar-refractivity contribution in [2.75, 3.05) is 13.2 Å². The molecule has 146 valence electrons. The number of nitrogens with zero attached hydrogens (tertiary/aromatic N) is 2. The van der Waals surface area contributed by atoms with Crippen LogP contribution >= 0.6 is 7.60 Å². The average molecular weight is 394 g/mol. The monoisotopic (exact) mass is 394 g/mol. The zero-order valence-corrected chi connectivity index (χ0v) is 16.4. The Bertz CT molecular complexity index is 886. The van der Waals surface area contributed by atoms with Crippen LogP contribution in [0.15, 0.2) is 41.2 Å². The molecule has 0 aliphatic carbocycles. The number of carboxylic acids is 1. The Morgan fingerprint density at radius 2 is 1.81 bits per heavy atom. The highest BCUT2D eigenvalue weighted by Crippen LogP contribution is 2.54. The van der Waals surface area contributed by atoms with E-state index in [-0.39, 0.29) is 31.0 Å². The van der Waals surface area contributed by atoms with Gasteiger partial charge in [-0.15, -0.1) is 0 Å². The standard InChI is InChI=1S/C18H23N2O6P/c1-4-25-27(24,26-5-2)15(18(22)23)12-16-19-14(11-17(21)20(16)3)13-9-7-6-8-10-13/h6-11,15H,4-5,12H2,1-3H3,(H,22,23). The summed E-state index contributed by atoms with van der Waals surface area (Å²) in [6.45, 7) is 3.29. The number of hydrogen-bond donors (Lipinski definition) is 1. The molecule has 1 aromatic heterocycles. The van der Waals surface area contributed by atoms with Gasteiger partial charge in [0.1, 0.15) is 5.82 Å². The lowest BCUT2D eigenvalue weighted by atomic mass is 10.1. The normalized spacial score (nSPS) is 12.7. The summed E-state index contributed by atoms with van der Waals surface area (Å²) in [6, 6.07) is 10.4. The van der Waals surface area contributed by atoms with E-state index in [4.69, 9.17) is 9.05 Å². The van der Waals surface area contributed by atoms with Crippen LogP contribution < -0.4 is 5.56 Å². The van der Waals surface area contributed by atoms with Crippen molar-refractivity contribution >= 4 is 13.6 Å². The average Bonchev–Trinajstić information content (AvgIpc) is 2.63. The lowest BCUT2D eigenvalue weighted by molar-refractivity contribution is -0.137. The third-order valence-corrected chi connectivity index (χ3v) is 6.36. The summed E-state index contributed by atoms with van der Waals surface area (Å²) in [6.07, 6.45) is -0.265. The van der Waals surface area contributed by atoms with Crippen LogP contribution in [0.25, 0.3) is 11.3 Å². The molecule has 27 heavy (non-hydrogen) atoms. The van der Waals surface area contributed by atoms with Gasteiger partial charge in [0.15, 0.2) is 5.66 Å². The predicted molar refractivity (Wildman–Crippen MR) is 101 cm³/mol. The van der Waals surface area contributed by atoms with Gasteiger partial charge in [0, 0.05) is 25.1 Å². The minimum absolute atomic E-state index is 0.0392. The molecule has 0 radical (unpaired) electrons. The first-order chi connectivity index (χ1) is 12.8. The van der Waals surface area contributed by atoms with E-state index in [9.17, 15) is 19.3 Å². The Hall–Kier alpha value is -2.28. The molecule has 0 amide bonds. The van der Waals surface area contributed by atoms with Crippen LogP contribution in [0.5, 0.6) is 0 Å². The van der Waals surface area contributed by atoms with Gasteiger partial charge in [-0.1, -0.05) is 30.3 Å². The zero-order chi connectivity index (χ0) is 20.0. The summed E-state index contributed by atoms with van der Waals surface area (Å²) in [5.74, 6) is -1.15. The molecule has 0 fully saturated rings. The largest absolute Gasteiger partial charge is 0.481 e. The number of aromatic nitrogens is 2. The minimum Gasteiger partial charge on any atom is -0.481 e. The lowest BCUT2D eigenvalue weighted by Crippen LogP contribution is -2.30. The molecule has 8 nitrogen and oxygen atoms in total. The van der Waals surface area contributed by atoms with E-state index in [1.165, 1.54) is 17.7 Å². The van der Waals surface area contributed by atoms with Crippen LogP contribution in [-0.2, 0) is 31.9 Å². The maximum atomic E-state index is 13.0. The van der Waals surface area contributed by atoms with E-state index in [0.717, 1.165) is 5.56 Å². The van der Waals surface area contributed by atoms with Crippen molar-refractivity contribution in [3.63, 3.8) is 0 Å². The van der Waals surface area contributed by atoms with Crippen molar-refractivity contribution in [3.8, 4) is 11.3 Å². The first kappa shape index (κ1) is 21.0. The number of benzene rings is 1. The second kappa shape index (κ2) is 9.08. The molecule has 1 N–H and O–H groups in total. The summed E-state index contributed by atoms with van der Waals surface area (Å²) < 4.78 is 24.6. The molecule has 1 heterocycles. The molecule has 2 aromatic rings. The maximum absolute atomic E-state index is 13.0. The van der Waals surface area contributed by atoms with E-state index >= 15 is 0 Å². The molecule has 0 saturated carbocycles. The summed E-state index contributed by atoms with van der Waals surface area (Å²) in [5, 5.41) is 9.62. The number of rotatable bonds is 9. The van der Waals surface area contributed by atoms with Crippen LogP contribution in [-0.4, -0.2) is 39.5 Å². The molecule has 1 atom stereocenters. The van der Waals surface area contributed by atoms with Crippen LogP contribution in [0.2, 0.25) is 0 Å². The van der Waals surface area contributed by atoms with Gasteiger partial charge in [0.2, 0.25) is 0 Å². The van der Waals surface area contributed by atoms with Gasteiger partial charge >= 0.3 is 13.6 Å². The Balaban J connectivity index is 2.49. The molecule has 2 rings (SSSR count). The first-order valence-corrected chi connectivity index (χ1v) is 10.2. The van der Waals surface area contributed by atoms with Gasteiger partial charge in [-0.25, -0.2) is 4.98 Å². The maximum Gasteiger partial charge on any atom is 0.345 e. The number of hydrogen-bond acceptors (Lipinski definition) is 6. The summed E-state index contributed by atoms with van der Waals surface area (Å²) in [4.78, 5) is 28.6. The highest BCUT2D eigenvalue weighted by atomic mass is 31.2. The topological polar surface area (TPSA) is 108 Å². The second-order valence-corrected chi connectivity index (χ2v) is 7.97. The Kier molecular flexibility index (Phi) is 7.07. The molecule has 0 aliphatic heterocycles. The van der Waals surface area contributed by atoms with Crippen LogP contribution in [0, 0.1) is 0 Å². The third kappa shape index (κ3) is 4.91. The fraction of sp³-hybridized carbons (Fsp3) is 0.389. The molecule has 0 saturated heterocycles. The SMILES string of the molecule is CCOP(=O)(OCC)C(Cc1nc(-c2ccccc2)cc(=O)n1C)C(=O)O. The molecular formula is C18H23N2O6P. The van der Waals surface area contributed by atoms with Gasteiger partial charge in [0.25, 0.3) is 5.56 Å². The molecule has 0 spiro atoms. The van der Waals surface area contributed by atoms with Gasteiger partial charge in [-0.2, -0.15) is 0 Å². The number of carbonyl (C=O) groups is 1. The van der Waals surface area contributed by atoms with Crippen LogP contribution in [0.4, 0.5) is 0 Å². The van der Waals surface area contributed by atoms with E-state index in [2.05, 4.69) is 4.98 Å². The fourth-order valence-electron chi connectivity index (χ4n) is 2.61. The first-order valence-electron chi connectivity index (χ1n) is 8.56. The zero-order valence-electron chi connectivity index (χ0n) is 15.5. The summed E-state index contributed by atoms with van der Waals surface area (Å²) in [7, 11) is -2.44. The van der Waals surface area contributed by atoms with Crippen LogP contribution in [0.3, 0.4) is 0 Å². The van der Waals surface area contributed by atoms with Crippen LogP contribution in [0.1, 0.15) is 19.7 Å². The lowest BCUT2D eigenvalue weighted by Gasteiger charge is -2.23. The molecular weight excluding hydrogens is 371 g/mol. The highest BCUT2D eigenvalue weighted by molar-refractivity contribution is 7.55. The Morgan fingerprint density at radius 1 is 1.22 bits per heavy atom. The summed E-state index contributed by atoms with van der Waals surface area (Å²) >= 11 is 0. The van der Waals surface area contributed by atoms with Crippen molar-refractivity contribution in [2.45, 2.75) is 25.9 Å². The van der Waals surface area contributed by atoms with E-state index < -0.39 is 19.2 Å². The molecule has 0 bridgehead atoms.